The zero-order valence-corrected chi connectivity index (χ0v) is 12.7. The van der Waals surface area contributed by atoms with Crippen LogP contribution in [0, 0.1) is 11.6 Å². The molecular formula is C16H18F2N2O4. The van der Waals surface area contributed by atoms with Crippen LogP contribution in [-0.2, 0) is 13.0 Å². The second kappa shape index (κ2) is 8.42. The summed E-state index contributed by atoms with van der Waals surface area (Å²) in [6, 6.07) is 5.48. The number of hydrogen-bond donors (Lipinski definition) is 4. The zero-order valence-electron chi connectivity index (χ0n) is 12.7. The average molecular weight is 340 g/mol. The van der Waals surface area contributed by atoms with Gasteiger partial charge < -0.3 is 25.3 Å². The number of aliphatic hydroxyl groups is 1. The Hall–Kier alpha value is -2.45. The zero-order chi connectivity index (χ0) is 17.5. The molecular weight excluding hydrogens is 322 g/mol. The molecule has 0 saturated heterocycles. The number of halogens is 2. The molecule has 24 heavy (non-hydrogen) atoms. The Morgan fingerprint density at radius 2 is 1.96 bits per heavy atom. The number of carboxylic acid groups (broad SMARTS) is 1. The lowest BCUT2D eigenvalue weighted by Crippen LogP contribution is -2.48. The number of nitrogens with one attached hydrogen (secondary N) is 2. The van der Waals surface area contributed by atoms with E-state index in [-0.39, 0.29) is 18.5 Å². The molecule has 4 N–H and O–H groups in total. The quantitative estimate of drug-likeness (QED) is 0.589. The molecule has 0 saturated carbocycles. The van der Waals surface area contributed by atoms with Gasteiger partial charge in [-0.3, -0.25) is 0 Å². The summed E-state index contributed by atoms with van der Waals surface area (Å²) in [6.07, 6.45) is -0.963. The molecule has 0 fully saturated rings. The van der Waals surface area contributed by atoms with Gasteiger partial charge in [-0.25, -0.2) is 13.6 Å². The van der Waals surface area contributed by atoms with Crippen LogP contribution in [0.15, 0.2) is 41.0 Å². The van der Waals surface area contributed by atoms with E-state index in [0.717, 1.165) is 18.2 Å². The summed E-state index contributed by atoms with van der Waals surface area (Å²) in [5.41, 5.74) is 0.247. The van der Waals surface area contributed by atoms with E-state index in [9.17, 15) is 18.7 Å². The third-order valence-corrected chi connectivity index (χ3v) is 3.38. The molecule has 0 aliphatic carbocycles. The highest BCUT2D eigenvalue weighted by Gasteiger charge is 2.22. The van der Waals surface area contributed by atoms with Gasteiger partial charge >= 0.3 is 6.09 Å². The molecule has 0 unspecified atom stereocenters. The Morgan fingerprint density at radius 3 is 2.54 bits per heavy atom. The SMILES string of the molecule is O=C(O)N[C@@H](Cc1cc(F)cc(F)c1)[C@@H](O)CNCc1ccco1. The molecule has 1 heterocycles. The number of carbonyl (C=O) groups is 1. The summed E-state index contributed by atoms with van der Waals surface area (Å²) in [6.45, 7) is 0.432. The number of furan rings is 1. The molecule has 8 heteroatoms. The van der Waals surface area contributed by atoms with Gasteiger partial charge in [-0.05, 0) is 36.2 Å². The van der Waals surface area contributed by atoms with Crippen molar-refractivity contribution in [2.75, 3.05) is 6.54 Å². The lowest BCUT2D eigenvalue weighted by Gasteiger charge is -2.23. The van der Waals surface area contributed by atoms with E-state index in [1.165, 1.54) is 6.26 Å². The van der Waals surface area contributed by atoms with Crippen LogP contribution in [0.3, 0.4) is 0 Å². The molecule has 0 spiro atoms. The van der Waals surface area contributed by atoms with Crippen LogP contribution in [0.25, 0.3) is 0 Å². The summed E-state index contributed by atoms with van der Waals surface area (Å²) in [7, 11) is 0. The minimum Gasteiger partial charge on any atom is -0.468 e. The van der Waals surface area contributed by atoms with Crippen molar-refractivity contribution in [1.82, 2.24) is 10.6 Å². The Bertz CT molecular complexity index is 644. The summed E-state index contributed by atoms with van der Waals surface area (Å²) in [5, 5.41) is 24.2. The van der Waals surface area contributed by atoms with Crippen LogP contribution in [0.4, 0.5) is 13.6 Å². The van der Waals surface area contributed by atoms with Gasteiger partial charge in [-0.2, -0.15) is 0 Å². The molecule has 2 aromatic rings. The van der Waals surface area contributed by atoms with Crippen molar-refractivity contribution in [2.24, 2.45) is 0 Å². The van der Waals surface area contributed by atoms with Gasteiger partial charge in [0.05, 0.1) is 25.0 Å². The van der Waals surface area contributed by atoms with Crippen molar-refractivity contribution in [1.29, 1.82) is 0 Å². The van der Waals surface area contributed by atoms with Gasteiger partial charge in [0.15, 0.2) is 0 Å². The Morgan fingerprint density at radius 1 is 1.25 bits per heavy atom. The number of aliphatic hydroxyl groups excluding tert-OH is 1. The second-order valence-corrected chi connectivity index (χ2v) is 5.32. The van der Waals surface area contributed by atoms with Crippen LogP contribution in [0.5, 0.6) is 0 Å². The van der Waals surface area contributed by atoms with Gasteiger partial charge in [0.2, 0.25) is 0 Å². The lowest BCUT2D eigenvalue weighted by atomic mass is 10.0. The Labute approximate surface area is 137 Å². The van der Waals surface area contributed by atoms with Gasteiger partial charge in [0, 0.05) is 12.6 Å². The van der Waals surface area contributed by atoms with Gasteiger partial charge in [0.25, 0.3) is 0 Å². The van der Waals surface area contributed by atoms with Crippen LogP contribution in [0.1, 0.15) is 11.3 Å². The first-order valence-corrected chi connectivity index (χ1v) is 7.29. The van der Waals surface area contributed by atoms with E-state index in [2.05, 4.69) is 10.6 Å². The third-order valence-electron chi connectivity index (χ3n) is 3.38. The van der Waals surface area contributed by atoms with E-state index in [1.807, 2.05) is 0 Å². The minimum absolute atomic E-state index is 0.0510. The highest BCUT2D eigenvalue weighted by molar-refractivity contribution is 5.65. The molecule has 0 aliphatic rings. The highest BCUT2D eigenvalue weighted by Crippen LogP contribution is 2.12. The van der Waals surface area contributed by atoms with Gasteiger partial charge in [0.1, 0.15) is 17.4 Å². The molecule has 0 aliphatic heterocycles. The second-order valence-electron chi connectivity index (χ2n) is 5.32. The predicted molar refractivity (Wildman–Crippen MR) is 81.4 cm³/mol. The number of benzene rings is 1. The number of amides is 1. The molecule has 1 aromatic carbocycles. The molecule has 2 atom stereocenters. The van der Waals surface area contributed by atoms with Crippen molar-refractivity contribution < 1.29 is 28.2 Å². The van der Waals surface area contributed by atoms with E-state index in [4.69, 9.17) is 9.52 Å². The first kappa shape index (κ1) is 17.9. The Balaban J connectivity index is 1.96. The predicted octanol–water partition coefficient (Wildman–Crippen LogP) is 1.89. The first-order chi connectivity index (χ1) is 11.4. The fourth-order valence-electron chi connectivity index (χ4n) is 2.32. The maximum atomic E-state index is 13.2. The number of rotatable bonds is 8. The van der Waals surface area contributed by atoms with Crippen LogP contribution in [-0.4, -0.2) is 35.0 Å². The van der Waals surface area contributed by atoms with Crippen molar-refractivity contribution in [3.8, 4) is 0 Å². The summed E-state index contributed by atoms with van der Waals surface area (Å²) in [4.78, 5) is 10.9. The summed E-state index contributed by atoms with van der Waals surface area (Å²) >= 11 is 0. The van der Waals surface area contributed by atoms with Crippen molar-refractivity contribution >= 4 is 6.09 Å². The van der Waals surface area contributed by atoms with Crippen molar-refractivity contribution in [3.05, 3.63) is 59.6 Å². The van der Waals surface area contributed by atoms with Gasteiger partial charge in [-0.1, -0.05) is 0 Å². The third kappa shape index (κ3) is 5.64. The van der Waals surface area contributed by atoms with E-state index in [1.54, 1.807) is 12.1 Å². The fourth-order valence-corrected chi connectivity index (χ4v) is 2.32. The molecule has 0 bridgehead atoms. The smallest absolute Gasteiger partial charge is 0.404 e. The maximum Gasteiger partial charge on any atom is 0.404 e. The monoisotopic (exact) mass is 340 g/mol. The average Bonchev–Trinajstić information content (AvgIpc) is 2.98. The van der Waals surface area contributed by atoms with E-state index >= 15 is 0 Å². The fraction of sp³-hybridized carbons (Fsp3) is 0.312. The van der Waals surface area contributed by atoms with Crippen LogP contribution < -0.4 is 10.6 Å². The summed E-state index contributed by atoms with van der Waals surface area (Å²) in [5.74, 6) is -0.855. The molecule has 0 radical (unpaired) electrons. The molecule has 2 rings (SSSR count). The molecule has 6 nitrogen and oxygen atoms in total. The summed E-state index contributed by atoms with van der Waals surface area (Å²) < 4.78 is 31.6. The van der Waals surface area contributed by atoms with E-state index < -0.39 is 29.9 Å². The largest absolute Gasteiger partial charge is 0.468 e. The molecule has 1 aromatic heterocycles. The molecule has 130 valence electrons. The van der Waals surface area contributed by atoms with Crippen LogP contribution in [0.2, 0.25) is 0 Å². The highest BCUT2D eigenvalue weighted by atomic mass is 19.1. The van der Waals surface area contributed by atoms with Crippen molar-refractivity contribution in [3.63, 3.8) is 0 Å². The lowest BCUT2D eigenvalue weighted by molar-refractivity contribution is 0.117. The normalized spacial score (nSPS) is 13.5. The first-order valence-electron chi connectivity index (χ1n) is 7.29. The topological polar surface area (TPSA) is 94.7 Å². The van der Waals surface area contributed by atoms with E-state index in [0.29, 0.717) is 12.3 Å². The number of hydrogen-bond acceptors (Lipinski definition) is 4. The maximum absolute atomic E-state index is 13.2. The minimum atomic E-state index is -1.33. The molecule has 1 amide bonds. The van der Waals surface area contributed by atoms with Gasteiger partial charge in [-0.15, -0.1) is 0 Å². The van der Waals surface area contributed by atoms with Crippen molar-refractivity contribution in [2.45, 2.75) is 25.1 Å². The van der Waals surface area contributed by atoms with Crippen LogP contribution >= 0.6 is 0 Å². The standard InChI is InChI=1S/C16H18F2N2O4/c17-11-4-10(5-12(18)7-11)6-14(20-16(22)23)15(21)9-19-8-13-2-1-3-24-13/h1-5,7,14-15,19-21H,6,8-9H2,(H,22,23)/t14-,15-/m0/s1. The Kier molecular flexibility index (Phi) is 6.28.